The number of aliphatic carboxylic acids is 1. The summed E-state index contributed by atoms with van der Waals surface area (Å²) < 4.78 is 0. The van der Waals surface area contributed by atoms with Gasteiger partial charge in [0.15, 0.2) is 0 Å². The third-order valence-electron chi connectivity index (χ3n) is 5.10. The lowest BCUT2D eigenvalue weighted by Crippen LogP contribution is -2.46. The molecule has 2 fully saturated rings. The Morgan fingerprint density at radius 1 is 1.25 bits per heavy atom. The number of carbonyl (C=O) groups is 1. The molecule has 1 N–H and O–H groups in total. The summed E-state index contributed by atoms with van der Waals surface area (Å²) in [6.45, 7) is 11.3. The molecule has 20 heavy (non-hydrogen) atoms. The van der Waals surface area contributed by atoms with Gasteiger partial charge in [-0.25, -0.2) is 0 Å². The topological polar surface area (TPSA) is 43.8 Å². The summed E-state index contributed by atoms with van der Waals surface area (Å²) in [5.41, 5.74) is 0.497. The Morgan fingerprint density at radius 3 is 2.65 bits per heavy atom. The van der Waals surface area contributed by atoms with Gasteiger partial charge in [0.2, 0.25) is 0 Å². The maximum Gasteiger partial charge on any atom is 0.317 e. The first-order valence-corrected chi connectivity index (χ1v) is 8.05. The van der Waals surface area contributed by atoms with E-state index in [1.54, 1.807) is 0 Å². The Kier molecular flexibility index (Phi) is 5.08. The molecule has 1 aliphatic carbocycles. The zero-order valence-electron chi connectivity index (χ0n) is 13.3. The lowest BCUT2D eigenvalue weighted by atomic mass is 9.70. The van der Waals surface area contributed by atoms with Crippen LogP contribution in [0, 0.1) is 11.3 Å². The zero-order chi connectivity index (χ0) is 14.8. The number of rotatable bonds is 3. The fraction of sp³-hybridized carbons (Fsp3) is 0.938. The molecule has 2 atom stereocenters. The molecule has 0 amide bonds. The molecule has 1 heterocycles. The van der Waals surface area contributed by atoms with E-state index in [-0.39, 0.29) is 6.54 Å². The molecule has 4 nitrogen and oxygen atoms in total. The van der Waals surface area contributed by atoms with Crippen LogP contribution in [-0.2, 0) is 4.79 Å². The van der Waals surface area contributed by atoms with E-state index < -0.39 is 5.97 Å². The molecule has 0 aromatic carbocycles. The molecule has 2 aliphatic rings. The standard InChI is InChI=1S/C16H30N2O2/c1-13-11-16(2,3)6-5-14(13)18-8-4-7-17(9-10-18)12-15(19)20/h13-14H,4-12H2,1-3H3,(H,19,20). The lowest BCUT2D eigenvalue weighted by molar-refractivity contribution is -0.138. The number of carboxylic acids is 1. The van der Waals surface area contributed by atoms with Crippen LogP contribution in [0.1, 0.15) is 46.5 Å². The summed E-state index contributed by atoms with van der Waals surface area (Å²) in [5.74, 6) is 0.0519. The smallest absolute Gasteiger partial charge is 0.317 e. The Balaban J connectivity index is 1.89. The van der Waals surface area contributed by atoms with Crippen molar-refractivity contribution in [2.75, 3.05) is 32.7 Å². The van der Waals surface area contributed by atoms with Crippen molar-refractivity contribution in [1.29, 1.82) is 0 Å². The largest absolute Gasteiger partial charge is 0.480 e. The van der Waals surface area contributed by atoms with E-state index in [4.69, 9.17) is 5.11 Å². The van der Waals surface area contributed by atoms with Gasteiger partial charge in [-0.1, -0.05) is 20.8 Å². The Bertz CT molecular complexity index is 343. The minimum absolute atomic E-state index is 0.196. The van der Waals surface area contributed by atoms with Crippen molar-refractivity contribution in [3.05, 3.63) is 0 Å². The van der Waals surface area contributed by atoms with Gasteiger partial charge in [0.25, 0.3) is 0 Å². The highest BCUT2D eigenvalue weighted by atomic mass is 16.4. The molecular weight excluding hydrogens is 252 g/mol. The summed E-state index contributed by atoms with van der Waals surface area (Å²) >= 11 is 0. The molecule has 1 aliphatic heterocycles. The summed E-state index contributed by atoms with van der Waals surface area (Å²) in [6.07, 6.45) is 5.03. The van der Waals surface area contributed by atoms with Gasteiger partial charge < -0.3 is 5.11 Å². The highest BCUT2D eigenvalue weighted by molar-refractivity contribution is 5.69. The van der Waals surface area contributed by atoms with Gasteiger partial charge in [-0.3, -0.25) is 14.6 Å². The monoisotopic (exact) mass is 282 g/mol. The number of nitrogens with zero attached hydrogens (tertiary/aromatic N) is 2. The second-order valence-electron chi connectivity index (χ2n) is 7.51. The number of carboxylic acid groups (broad SMARTS) is 1. The van der Waals surface area contributed by atoms with Crippen molar-refractivity contribution in [2.24, 2.45) is 11.3 Å². The van der Waals surface area contributed by atoms with Crippen LogP contribution in [0.3, 0.4) is 0 Å². The van der Waals surface area contributed by atoms with Gasteiger partial charge in [-0.15, -0.1) is 0 Å². The van der Waals surface area contributed by atoms with Crippen LogP contribution >= 0.6 is 0 Å². The second-order valence-corrected chi connectivity index (χ2v) is 7.51. The fourth-order valence-electron chi connectivity index (χ4n) is 4.15. The average molecular weight is 282 g/mol. The lowest BCUT2D eigenvalue weighted by Gasteiger charge is -2.44. The molecule has 0 aromatic rings. The molecular formula is C16H30N2O2. The van der Waals surface area contributed by atoms with Gasteiger partial charge in [0, 0.05) is 25.7 Å². The molecule has 2 rings (SSSR count). The minimum Gasteiger partial charge on any atom is -0.480 e. The highest BCUT2D eigenvalue weighted by Crippen LogP contribution is 2.40. The number of hydrogen-bond donors (Lipinski definition) is 1. The molecule has 1 saturated carbocycles. The Hall–Kier alpha value is -0.610. The second kappa shape index (κ2) is 6.44. The summed E-state index contributed by atoms with van der Waals surface area (Å²) in [4.78, 5) is 15.5. The van der Waals surface area contributed by atoms with Crippen LogP contribution < -0.4 is 0 Å². The van der Waals surface area contributed by atoms with Gasteiger partial charge in [0.05, 0.1) is 6.54 Å². The summed E-state index contributed by atoms with van der Waals surface area (Å²) in [5, 5.41) is 8.92. The van der Waals surface area contributed by atoms with Crippen LogP contribution in [0.25, 0.3) is 0 Å². The van der Waals surface area contributed by atoms with E-state index in [0.29, 0.717) is 11.5 Å². The van der Waals surface area contributed by atoms with Gasteiger partial charge in [-0.2, -0.15) is 0 Å². The first-order valence-electron chi connectivity index (χ1n) is 8.05. The van der Waals surface area contributed by atoms with E-state index in [2.05, 4.69) is 30.6 Å². The van der Waals surface area contributed by atoms with Crippen LogP contribution in [-0.4, -0.2) is 59.6 Å². The summed E-state index contributed by atoms with van der Waals surface area (Å²) in [7, 11) is 0. The first-order chi connectivity index (χ1) is 9.37. The predicted molar refractivity (Wildman–Crippen MR) is 80.8 cm³/mol. The van der Waals surface area contributed by atoms with E-state index in [0.717, 1.165) is 38.5 Å². The SMILES string of the molecule is CC1CC(C)(C)CCC1N1CCCN(CC(=O)O)CC1. The first kappa shape index (κ1) is 15.8. The molecule has 0 bridgehead atoms. The zero-order valence-corrected chi connectivity index (χ0v) is 13.3. The Morgan fingerprint density at radius 2 is 2.00 bits per heavy atom. The van der Waals surface area contributed by atoms with E-state index >= 15 is 0 Å². The van der Waals surface area contributed by atoms with Crippen molar-refractivity contribution in [1.82, 2.24) is 9.80 Å². The molecule has 116 valence electrons. The third-order valence-corrected chi connectivity index (χ3v) is 5.10. The third kappa shape index (κ3) is 4.19. The maximum atomic E-state index is 10.8. The van der Waals surface area contributed by atoms with Crippen LogP contribution in [0.15, 0.2) is 0 Å². The fourth-order valence-corrected chi connectivity index (χ4v) is 4.15. The highest BCUT2D eigenvalue weighted by Gasteiger charge is 2.35. The minimum atomic E-state index is -0.703. The van der Waals surface area contributed by atoms with Crippen molar-refractivity contribution >= 4 is 5.97 Å². The van der Waals surface area contributed by atoms with Crippen LogP contribution in [0.5, 0.6) is 0 Å². The van der Waals surface area contributed by atoms with E-state index in [1.165, 1.54) is 19.3 Å². The van der Waals surface area contributed by atoms with Crippen LogP contribution in [0.4, 0.5) is 0 Å². The maximum absolute atomic E-state index is 10.8. The normalized spacial score (nSPS) is 32.8. The summed E-state index contributed by atoms with van der Waals surface area (Å²) in [6, 6.07) is 0.702. The van der Waals surface area contributed by atoms with Gasteiger partial charge in [0.1, 0.15) is 0 Å². The molecule has 4 heteroatoms. The molecule has 0 radical (unpaired) electrons. The van der Waals surface area contributed by atoms with E-state index in [9.17, 15) is 4.79 Å². The van der Waals surface area contributed by atoms with Crippen molar-refractivity contribution < 1.29 is 9.90 Å². The van der Waals surface area contributed by atoms with Gasteiger partial charge >= 0.3 is 5.97 Å². The molecule has 2 unspecified atom stereocenters. The van der Waals surface area contributed by atoms with Crippen molar-refractivity contribution in [3.63, 3.8) is 0 Å². The van der Waals surface area contributed by atoms with Gasteiger partial charge in [-0.05, 0) is 43.6 Å². The van der Waals surface area contributed by atoms with Crippen molar-refractivity contribution in [3.8, 4) is 0 Å². The van der Waals surface area contributed by atoms with E-state index in [1.807, 2.05) is 0 Å². The predicted octanol–water partition coefficient (Wildman–Crippen LogP) is 2.29. The van der Waals surface area contributed by atoms with Crippen molar-refractivity contribution in [2.45, 2.75) is 52.5 Å². The quantitative estimate of drug-likeness (QED) is 0.862. The molecule has 0 aromatic heterocycles. The number of hydrogen-bond acceptors (Lipinski definition) is 3. The van der Waals surface area contributed by atoms with Crippen LogP contribution in [0.2, 0.25) is 0 Å². The average Bonchev–Trinajstić information content (AvgIpc) is 2.53. The Labute approximate surface area is 123 Å². The molecule has 1 saturated heterocycles. The molecule has 0 spiro atoms.